The van der Waals surface area contributed by atoms with Crippen LogP contribution in [0.25, 0.3) is 0 Å². The summed E-state index contributed by atoms with van der Waals surface area (Å²) in [5.74, 6) is 0.518. The standard InChI is InChI=1S/C16H24ClF3N4O3/c1-21-15(22-4-3-6-26-9-8-25-2)23-5-7-27-14-13(17)10-12(11-24-14)16(18,19)20/h10-11H,3-9H2,1-2H3,(H2,21,22,23). The summed E-state index contributed by atoms with van der Waals surface area (Å²) in [6, 6.07) is 0.784. The number of methoxy groups -OCH3 is 1. The predicted octanol–water partition coefficient (Wildman–Crippen LogP) is 2.35. The van der Waals surface area contributed by atoms with E-state index in [1.165, 1.54) is 0 Å². The zero-order valence-electron chi connectivity index (χ0n) is 15.2. The van der Waals surface area contributed by atoms with E-state index in [1.807, 2.05) is 0 Å². The number of aromatic nitrogens is 1. The molecule has 0 amide bonds. The van der Waals surface area contributed by atoms with Crippen LogP contribution in [0, 0.1) is 0 Å². The monoisotopic (exact) mass is 412 g/mol. The van der Waals surface area contributed by atoms with Crippen molar-refractivity contribution in [2.45, 2.75) is 12.6 Å². The Hall–Kier alpha value is -1.78. The smallest absolute Gasteiger partial charge is 0.417 e. The van der Waals surface area contributed by atoms with Gasteiger partial charge in [-0.15, -0.1) is 0 Å². The van der Waals surface area contributed by atoms with Crippen LogP contribution in [0.15, 0.2) is 17.3 Å². The van der Waals surface area contributed by atoms with E-state index < -0.39 is 11.7 Å². The van der Waals surface area contributed by atoms with Gasteiger partial charge in [-0.2, -0.15) is 13.2 Å². The molecule has 0 aliphatic heterocycles. The van der Waals surface area contributed by atoms with Gasteiger partial charge in [0.15, 0.2) is 5.96 Å². The maximum Gasteiger partial charge on any atom is 0.417 e. The number of rotatable bonds is 11. The second-order valence-corrected chi connectivity index (χ2v) is 5.65. The van der Waals surface area contributed by atoms with Gasteiger partial charge in [-0.25, -0.2) is 4.98 Å². The number of alkyl halides is 3. The van der Waals surface area contributed by atoms with E-state index in [2.05, 4.69) is 20.6 Å². The Morgan fingerprint density at radius 2 is 1.93 bits per heavy atom. The van der Waals surface area contributed by atoms with Gasteiger partial charge in [-0.05, 0) is 12.5 Å². The molecular weight excluding hydrogens is 389 g/mol. The van der Waals surface area contributed by atoms with Gasteiger partial charge in [0.2, 0.25) is 5.88 Å². The molecule has 0 unspecified atom stereocenters. The highest BCUT2D eigenvalue weighted by molar-refractivity contribution is 6.31. The van der Waals surface area contributed by atoms with Crippen molar-refractivity contribution in [1.29, 1.82) is 0 Å². The number of hydrogen-bond acceptors (Lipinski definition) is 5. The fraction of sp³-hybridized carbons (Fsp3) is 0.625. The third-order valence-electron chi connectivity index (χ3n) is 3.18. The Kier molecular flexibility index (Phi) is 10.8. The zero-order valence-corrected chi connectivity index (χ0v) is 16.0. The Labute approximate surface area is 161 Å². The summed E-state index contributed by atoms with van der Waals surface area (Å²) in [5, 5.41) is 5.91. The highest BCUT2D eigenvalue weighted by atomic mass is 35.5. The molecule has 0 saturated heterocycles. The van der Waals surface area contributed by atoms with Gasteiger partial charge in [0.1, 0.15) is 11.6 Å². The molecule has 0 spiro atoms. The van der Waals surface area contributed by atoms with Crippen LogP contribution in [0.2, 0.25) is 5.02 Å². The van der Waals surface area contributed by atoms with Gasteiger partial charge < -0.3 is 24.8 Å². The summed E-state index contributed by atoms with van der Waals surface area (Å²) in [6.07, 6.45) is -3.01. The fourth-order valence-electron chi connectivity index (χ4n) is 1.85. The minimum absolute atomic E-state index is 0.0531. The summed E-state index contributed by atoms with van der Waals surface area (Å²) in [7, 11) is 3.24. The van der Waals surface area contributed by atoms with E-state index in [4.69, 9.17) is 25.8 Å². The summed E-state index contributed by atoms with van der Waals surface area (Å²) >= 11 is 5.77. The highest BCUT2D eigenvalue weighted by Gasteiger charge is 2.31. The Morgan fingerprint density at radius 1 is 1.19 bits per heavy atom. The Balaban J connectivity index is 2.24. The minimum Gasteiger partial charge on any atom is -0.475 e. The second-order valence-electron chi connectivity index (χ2n) is 5.24. The average Bonchev–Trinajstić information content (AvgIpc) is 2.62. The van der Waals surface area contributed by atoms with Crippen LogP contribution >= 0.6 is 11.6 Å². The fourth-order valence-corrected chi connectivity index (χ4v) is 2.07. The van der Waals surface area contributed by atoms with Gasteiger partial charge in [-0.3, -0.25) is 4.99 Å². The van der Waals surface area contributed by atoms with Gasteiger partial charge >= 0.3 is 6.18 Å². The Morgan fingerprint density at radius 3 is 2.56 bits per heavy atom. The second kappa shape index (κ2) is 12.6. The van der Waals surface area contributed by atoms with Crippen molar-refractivity contribution >= 4 is 17.6 Å². The first-order valence-electron chi connectivity index (χ1n) is 8.25. The van der Waals surface area contributed by atoms with Crippen molar-refractivity contribution in [2.75, 3.05) is 53.7 Å². The normalized spacial score (nSPS) is 12.1. The van der Waals surface area contributed by atoms with E-state index in [0.717, 1.165) is 12.5 Å². The molecular formula is C16H24ClF3N4O3. The first-order valence-corrected chi connectivity index (χ1v) is 8.63. The molecule has 0 aliphatic carbocycles. The van der Waals surface area contributed by atoms with E-state index >= 15 is 0 Å². The lowest BCUT2D eigenvalue weighted by molar-refractivity contribution is -0.137. The molecule has 11 heteroatoms. The molecule has 1 heterocycles. The molecule has 7 nitrogen and oxygen atoms in total. The summed E-state index contributed by atoms with van der Waals surface area (Å²) in [4.78, 5) is 7.65. The minimum atomic E-state index is -4.50. The third kappa shape index (κ3) is 9.64. The van der Waals surface area contributed by atoms with Crippen LogP contribution in [0.4, 0.5) is 13.2 Å². The molecule has 0 atom stereocenters. The van der Waals surface area contributed by atoms with E-state index in [0.29, 0.717) is 45.1 Å². The molecule has 27 heavy (non-hydrogen) atoms. The molecule has 0 aliphatic rings. The molecule has 0 aromatic carbocycles. The number of guanidine groups is 1. The number of ether oxygens (including phenoxy) is 3. The lowest BCUT2D eigenvalue weighted by atomic mass is 10.3. The lowest BCUT2D eigenvalue weighted by Crippen LogP contribution is -2.40. The van der Waals surface area contributed by atoms with Crippen molar-refractivity contribution in [1.82, 2.24) is 15.6 Å². The maximum absolute atomic E-state index is 12.6. The number of halogens is 4. The molecule has 0 radical (unpaired) electrons. The predicted molar refractivity (Wildman–Crippen MR) is 96.4 cm³/mol. The molecule has 0 saturated carbocycles. The third-order valence-corrected chi connectivity index (χ3v) is 3.45. The number of pyridine rings is 1. The van der Waals surface area contributed by atoms with Crippen LogP contribution in [0.3, 0.4) is 0 Å². The largest absolute Gasteiger partial charge is 0.475 e. The van der Waals surface area contributed by atoms with Gasteiger partial charge in [0, 0.05) is 33.5 Å². The van der Waals surface area contributed by atoms with E-state index in [-0.39, 0.29) is 17.5 Å². The summed E-state index contributed by atoms with van der Waals surface area (Å²) in [6.45, 7) is 2.91. The lowest BCUT2D eigenvalue weighted by Gasteiger charge is -2.13. The molecule has 0 bridgehead atoms. The molecule has 154 valence electrons. The van der Waals surface area contributed by atoms with Crippen LogP contribution in [0.5, 0.6) is 5.88 Å². The van der Waals surface area contributed by atoms with Crippen molar-refractivity contribution in [3.8, 4) is 5.88 Å². The van der Waals surface area contributed by atoms with Crippen LogP contribution < -0.4 is 15.4 Å². The average molecular weight is 413 g/mol. The van der Waals surface area contributed by atoms with Crippen LogP contribution in [-0.4, -0.2) is 64.6 Å². The van der Waals surface area contributed by atoms with Gasteiger partial charge in [0.25, 0.3) is 0 Å². The highest BCUT2D eigenvalue weighted by Crippen LogP contribution is 2.32. The van der Waals surface area contributed by atoms with Crippen LogP contribution in [-0.2, 0) is 15.7 Å². The first-order chi connectivity index (χ1) is 12.9. The molecule has 1 aromatic rings. The van der Waals surface area contributed by atoms with Crippen molar-refractivity contribution in [3.63, 3.8) is 0 Å². The molecule has 2 N–H and O–H groups in total. The summed E-state index contributed by atoms with van der Waals surface area (Å²) in [5.41, 5.74) is -0.922. The number of aliphatic imine (C=N–C) groups is 1. The topological polar surface area (TPSA) is 77.0 Å². The number of hydrogen-bond donors (Lipinski definition) is 2. The van der Waals surface area contributed by atoms with Crippen molar-refractivity contribution < 1.29 is 27.4 Å². The quantitative estimate of drug-likeness (QED) is 0.330. The summed E-state index contributed by atoms with van der Waals surface area (Å²) < 4.78 is 53.2. The van der Waals surface area contributed by atoms with E-state index in [9.17, 15) is 13.2 Å². The number of nitrogens with one attached hydrogen (secondary N) is 2. The van der Waals surface area contributed by atoms with Crippen molar-refractivity contribution in [2.24, 2.45) is 4.99 Å². The molecule has 1 rings (SSSR count). The SMILES string of the molecule is CN=C(NCCCOCCOC)NCCOc1ncc(C(F)(F)F)cc1Cl. The Bertz CT molecular complexity index is 589. The van der Waals surface area contributed by atoms with Crippen LogP contribution in [0.1, 0.15) is 12.0 Å². The maximum atomic E-state index is 12.6. The van der Waals surface area contributed by atoms with Crippen molar-refractivity contribution in [3.05, 3.63) is 22.8 Å². The molecule has 1 aromatic heterocycles. The van der Waals surface area contributed by atoms with Gasteiger partial charge in [-0.1, -0.05) is 11.6 Å². The van der Waals surface area contributed by atoms with Gasteiger partial charge in [0.05, 0.1) is 25.3 Å². The van der Waals surface area contributed by atoms with E-state index in [1.54, 1.807) is 14.2 Å². The zero-order chi connectivity index (χ0) is 20.1. The molecule has 0 fully saturated rings. The first kappa shape index (κ1) is 23.3. The number of nitrogens with zero attached hydrogens (tertiary/aromatic N) is 2.